The lowest BCUT2D eigenvalue weighted by molar-refractivity contribution is -0.161. The number of phosphoric ester groups is 2. The molecule has 19 heteroatoms. The zero-order valence-electron chi connectivity index (χ0n) is 61.6. The van der Waals surface area contributed by atoms with Gasteiger partial charge < -0.3 is 33.8 Å². The number of hydrogen-bond donors (Lipinski definition) is 3. The van der Waals surface area contributed by atoms with Crippen LogP contribution in [0.4, 0.5) is 0 Å². The van der Waals surface area contributed by atoms with Crippen LogP contribution in [0.1, 0.15) is 363 Å². The van der Waals surface area contributed by atoms with Crippen LogP contribution in [0, 0.1) is 17.8 Å². The fourth-order valence-corrected chi connectivity index (χ4v) is 12.6. The summed E-state index contributed by atoms with van der Waals surface area (Å²) in [5.41, 5.74) is 0. The van der Waals surface area contributed by atoms with E-state index < -0.39 is 97.5 Å². The number of aliphatic hydroxyl groups excluding tert-OH is 1. The zero-order valence-corrected chi connectivity index (χ0v) is 63.4. The second kappa shape index (κ2) is 66.1. The van der Waals surface area contributed by atoms with Gasteiger partial charge in [-0.25, -0.2) is 9.13 Å². The van der Waals surface area contributed by atoms with E-state index in [-0.39, 0.29) is 25.7 Å². The molecule has 0 saturated carbocycles. The monoisotopic (exact) mass is 1390 g/mol. The Morgan fingerprint density at radius 1 is 0.347 bits per heavy atom. The minimum Gasteiger partial charge on any atom is -0.462 e. The van der Waals surface area contributed by atoms with E-state index in [0.717, 1.165) is 121 Å². The minimum atomic E-state index is -4.97. The van der Waals surface area contributed by atoms with E-state index in [4.69, 9.17) is 37.0 Å². The van der Waals surface area contributed by atoms with Crippen molar-refractivity contribution in [1.29, 1.82) is 0 Å². The van der Waals surface area contributed by atoms with Gasteiger partial charge in [0.2, 0.25) is 0 Å². The largest absolute Gasteiger partial charge is 0.472 e. The standard InChI is InChI=1S/C76H144O17P2/c1-8-10-11-12-13-14-15-16-17-22-25-31-36-45-52-59-75(80)92-71(63-86-73(78)57-50-43-35-30-24-21-19-18-20-23-28-33-40-47-54-67(3)4)65-90-94(82,83)88-61-70(77)62-89-95(84,85)91-66-72(64-87-74(79)58-51-44-39-38-41-48-55-68(5)6)93-76(81)60-53-46-37-32-27-26-29-34-42-49-56-69(7)9-2/h14-17,67-72,77H,8-13,18-66H2,1-7H3,(H,82,83)(H,84,85)/b15-14-,17-16-/t69?,70-,71-,72-/m1/s1. The predicted octanol–water partition coefficient (Wildman–Crippen LogP) is 21.7. The Morgan fingerprint density at radius 2 is 0.621 bits per heavy atom. The third-order valence-electron chi connectivity index (χ3n) is 17.4. The van der Waals surface area contributed by atoms with Crippen LogP contribution in [-0.4, -0.2) is 96.7 Å². The second-order valence-electron chi connectivity index (χ2n) is 27.9. The summed E-state index contributed by atoms with van der Waals surface area (Å²) in [5.74, 6) is 0.126. The molecule has 95 heavy (non-hydrogen) atoms. The van der Waals surface area contributed by atoms with Crippen molar-refractivity contribution in [2.45, 2.75) is 381 Å². The van der Waals surface area contributed by atoms with Gasteiger partial charge in [-0.1, -0.05) is 310 Å². The summed E-state index contributed by atoms with van der Waals surface area (Å²) < 4.78 is 68.4. The highest BCUT2D eigenvalue weighted by atomic mass is 31.2. The van der Waals surface area contributed by atoms with Crippen molar-refractivity contribution < 1.29 is 80.2 Å². The molecule has 0 aliphatic heterocycles. The molecule has 0 aromatic rings. The fourth-order valence-electron chi connectivity index (χ4n) is 11.0. The third-order valence-corrected chi connectivity index (χ3v) is 19.3. The topological polar surface area (TPSA) is 237 Å². The normalized spacial score (nSPS) is 14.5. The van der Waals surface area contributed by atoms with Crippen LogP contribution < -0.4 is 0 Å². The number of carbonyl (C=O) groups is 4. The minimum absolute atomic E-state index is 0.0848. The Hall–Kier alpha value is -2.46. The van der Waals surface area contributed by atoms with E-state index in [9.17, 15) is 43.2 Å². The van der Waals surface area contributed by atoms with Crippen molar-refractivity contribution in [2.24, 2.45) is 17.8 Å². The summed E-state index contributed by atoms with van der Waals surface area (Å²) in [6.45, 7) is 11.8. The smallest absolute Gasteiger partial charge is 0.462 e. The molecule has 560 valence electrons. The number of phosphoric acid groups is 2. The maximum absolute atomic E-state index is 13.1. The van der Waals surface area contributed by atoms with Crippen LogP contribution >= 0.6 is 15.6 Å². The number of hydrogen-bond acceptors (Lipinski definition) is 15. The quantitative estimate of drug-likeness (QED) is 0.0169. The van der Waals surface area contributed by atoms with Gasteiger partial charge in [0, 0.05) is 25.7 Å². The number of rotatable bonds is 72. The maximum atomic E-state index is 13.1. The van der Waals surface area contributed by atoms with E-state index in [0.29, 0.717) is 31.6 Å². The molecule has 0 fully saturated rings. The van der Waals surface area contributed by atoms with Gasteiger partial charge in [-0.15, -0.1) is 0 Å². The molecule has 0 radical (unpaired) electrons. The summed E-state index contributed by atoms with van der Waals surface area (Å²) in [5, 5.41) is 10.6. The van der Waals surface area contributed by atoms with E-state index in [1.807, 2.05) is 0 Å². The lowest BCUT2D eigenvalue weighted by atomic mass is 9.99. The van der Waals surface area contributed by atoms with Crippen molar-refractivity contribution in [3.63, 3.8) is 0 Å². The number of aliphatic hydroxyl groups is 1. The van der Waals surface area contributed by atoms with Gasteiger partial charge in [-0.3, -0.25) is 37.3 Å². The number of esters is 4. The Morgan fingerprint density at radius 3 is 0.937 bits per heavy atom. The average Bonchev–Trinajstić information content (AvgIpc) is 2.05. The van der Waals surface area contributed by atoms with Crippen molar-refractivity contribution in [2.75, 3.05) is 39.6 Å². The van der Waals surface area contributed by atoms with E-state index in [1.165, 1.54) is 154 Å². The maximum Gasteiger partial charge on any atom is 0.472 e. The highest BCUT2D eigenvalue weighted by Crippen LogP contribution is 2.45. The first-order valence-electron chi connectivity index (χ1n) is 38.7. The van der Waals surface area contributed by atoms with Crippen molar-refractivity contribution >= 4 is 39.5 Å². The summed E-state index contributed by atoms with van der Waals surface area (Å²) in [4.78, 5) is 72.8. The van der Waals surface area contributed by atoms with E-state index in [1.54, 1.807) is 0 Å². The van der Waals surface area contributed by atoms with Gasteiger partial charge in [0.15, 0.2) is 12.2 Å². The van der Waals surface area contributed by atoms with Crippen LogP contribution in [0.15, 0.2) is 24.3 Å². The predicted molar refractivity (Wildman–Crippen MR) is 386 cm³/mol. The molecule has 0 aromatic carbocycles. The van der Waals surface area contributed by atoms with Crippen LogP contribution in [0.5, 0.6) is 0 Å². The SMILES string of the molecule is CCCCCC/C=C\C=C/CCCCCCCC(=O)O[C@H](COC(=O)CCCCCCCCCCCCCCCCC(C)C)COP(=O)(O)OC[C@@H](O)COP(=O)(O)OC[C@@H](COC(=O)CCCCCCCCC(C)C)OC(=O)CCCCCCCCCCCCC(C)CC. The molecule has 3 N–H and O–H groups in total. The molecule has 0 aliphatic rings. The van der Waals surface area contributed by atoms with Gasteiger partial charge >= 0.3 is 39.5 Å². The van der Waals surface area contributed by atoms with Crippen LogP contribution in [0.3, 0.4) is 0 Å². The molecular formula is C76H144O17P2. The van der Waals surface area contributed by atoms with Crippen LogP contribution in [0.25, 0.3) is 0 Å². The number of unbranched alkanes of at least 4 members (excludes halogenated alkanes) is 36. The molecule has 3 unspecified atom stereocenters. The lowest BCUT2D eigenvalue weighted by Crippen LogP contribution is -2.30. The molecule has 0 saturated heterocycles. The van der Waals surface area contributed by atoms with Crippen molar-refractivity contribution in [3.8, 4) is 0 Å². The molecule has 0 rings (SSSR count). The van der Waals surface area contributed by atoms with Gasteiger partial charge in [0.25, 0.3) is 0 Å². The third kappa shape index (κ3) is 68.5. The number of ether oxygens (including phenoxy) is 4. The van der Waals surface area contributed by atoms with Gasteiger partial charge in [0.1, 0.15) is 19.3 Å². The zero-order chi connectivity index (χ0) is 70.1. The molecular weight excluding hydrogens is 1250 g/mol. The van der Waals surface area contributed by atoms with Gasteiger partial charge in [-0.05, 0) is 69.1 Å². The molecule has 0 aromatic heterocycles. The summed E-state index contributed by atoms with van der Waals surface area (Å²) in [6, 6.07) is 0. The Labute approximate surface area is 580 Å². The molecule has 0 heterocycles. The van der Waals surface area contributed by atoms with Crippen molar-refractivity contribution in [1.82, 2.24) is 0 Å². The Kier molecular flexibility index (Phi) is 64.4. The van der Waals surface area contributed by atoms with E-state index in [2.05, 4.69) is 72.8 Å². The first-order valence-corrected chi connectivity index (χ1v) is 41.7. The second-order valence-corrected chi connectivity index (χ2v) is 30.8. The van der Waals surface area contributed by atoms with E-state index >= 15 is 0 Å². The molecule has 6 atom stereocenters. The Bertz CT molecular complexity index is 1950. The fraction of sp³-hybridized carbons (Fsp3) is 0.895. The van der Waals surface area contributed by atoms with Gasteiger partial charge in [-0.2, -0.15) is 0 Å². The first-order chi connectivity index (χ1) is 45.8. The molecule has 17 nitrogen and oxygen atoms in total. The molecule has 0 aliphatic carbocycles. The molecule has 0 bridgehead atoms. The lowest BCUT2D eigenvalue weighted by Gasteiger charge is -2.21. The molecule has 0 amide bonds. The Balaban J connectivity index is 5.28. The summed E-state index contributed by atoms with van der Waals surface area (Å²) in [7, 11) is -9.92. The summed E-state index contributed by atoms with van der Waals surface area (Å²) in [6.07, 6.45) is 55.0. The highest BCUT2D eigenvalue weighted by Gasteiger charge is 2.30. The van der Waals surface area contributed by atoms with Crippen molar-refractivity contribution in [3.05, 3.63) is 24.3 Å². The first kappa shape index (κ1) is 92.5. The average molecular weight is 1390 g/mol. The van der Waals surface area contributed by atoms with Crippen LogP contribution in [0.2, 0.25) is 0 Å². The summed E-state index contributed by atoms with van der Waals surface area (Å²) >= 11 is 0. The molecule has 0 spiro atoms. The van der Waals surface area contributed by atoms with Gasteiger partial charge in [0.05, 0.1) is 26.4 Å². The number of allylic oxidation sites excluding steroid dienone is 4. The highest BCUT2D eigenvalue weighted by molar-refractivity contribution is 7.47. The van der Waals surface area contributed by atoms with Crippen LogP contribution in [-0.2, 0) is 65.4 Å². The number of carbonyl (C=O) groups excluding carboxylic acids is 4.